The zero-order valence-electron chi connectivity index (χ0n) is 10.1. The van der Waals surface area contributed by atoms with Gasteiger partial charge in [0.1, 0.15) is 11.6 Å². The molecule has 0 amide bonds. The van der Waals surface area contributed by atoms with Gasteiger partial charge in [0.25, 0.3) is 10.0 Å². The second kappa shape index (κ2) is 4.90. The molecule has 6 nitrogen and oxygen atoms in total. The maximum atomic E-state index is 13.1. The summed E-state index contributed by atoms with van der Waals surface area (Å²) < 4.78 is 53.1. The van der Waals surface area contributed by atoms with Crippen LogP contribution >= 0.6 is 0 Å². The number of hydrogen-bond acceptors (Lipinski definition) is 4. The molecular weight excluding hydrogens is 290 g/mol. The van der Waals surface area contributed by atoms with E-state index in [2.05, 4.69) is 9.82 Å². The smallest absolute Gasteiger partial charge is 0.263 e. The molecular formula is C11H8F2N4O2S. The average Bonchev–Trinajstić information content (AvgIpc) is 2.72. The summed E-state index contributed by atoms with van der Waals surface area (Å²) in [5.74, 6) is -2.62. The quantitative estimate of drug-likeness (QED) is 0.927. The molecule has 20 heavy (non-hydrogen) atoms. The predicted octanol–water partition coefficient (Wildman–Crippen LogP) is 1.37. The van der Waals surface area contributed by atoms with Gasteiger partial charge in [-0.1, -0.05) is 0 Å². The molecule has 0 saturated carbocycles. The fourth-order valence-electron chi connectivity index (χ4n) is 1.48. The Kier molecular flexibility index (Phi) is 3.42. The summed E-state index contributed by atoms with van der Waals surface area (Å²) in [5, 5.41) is 12.6. The van der Waals surface area contributed by atoms with E-state index < -0.39 is 26.6 Å². The van der Waals surface area contributed by atoms with Crippen LogP contribution in [-0.2, 0) is 17.1 Å². The van der Waals surface area contributed by atoms with Crippen molar-refractivity contribution in [3.63, 3.8) is 0 Å². The second-order valence-corrected chi connectivity index (χ2v) is 5.54. The van der Waals surface area contributed by atoms with E-state index in [9.17, 15) is 17.2 Å². The number of nitrogens with zero attached hydrogens (tertiary/aromatic N) is 3. The molecule has 1 N–H and O–H groups in total. The molecule has 0 unspecified atom stereocenters. The molecule has 0 aliphatic rings. The molecule has 104 valence electrons. The molecule has 0 spiro atoms. The van der Waals surface area contributed by atoms with Gasteiger partial charge in [-0.15, -0.1) is 0 Å². The zero-order valence-corrected chi connectivity index (χ0v) is 10.9. The lowest BCUT2D eigenvalue weighted by molar-refractivity contribution is 0.504. The third kappa shape index (κ3) is 2.60. The fraction of sp³-hybridized carbons (Fsp3) is 0.0909. The van der Waals surface area contributed by atoms with Gasteiger partial charge < -0.3 is 0 Å². The molecule has 0 radical (unpaired) electrons. The van der Waals surface area contributed by atoms with Gasteiger partial charge in [0.05, 0.1) is 4.90 Å². The Hall–Kier alpha value is -2.47. The minimum atomic E-state index is -4.16. The van der Waals surface area contributed by atoms with Gasteiger partial charge in [0.2, 0.25) is 0 Å². The van der Waals surface area contributed by atoms with E-state index in [-0.39, 0.29) is 11.4 Å². The molecule has 0 atom stereocenters. The highest BCUT2D eigenvalue weighted by Crippen LogP contribution is 2.19. The minimum absolute atomic E-state index is 0.0126. The van der Waals surface area contributed by atoms with Crippen molar-refractivity contribution in [3.05, 3.63) is 41.6 Å². The lowest BCUT2D eigenvalue weighted by Gasteiger charge is -2.06. The molecule has 0 bridgehead atoms. The lowest BCUT2D eigenvalue weighted by Crippen LogP contribution is -2.14. The third-order valence-electron chi connectivity index (χ3n) is 2.38. The van der Waals surface area contributed by atoms with Crippen molar-refractivity contribution < 1.29 is 17.2 Å². The number of anilines is 1. The topological polar surface area (TPSA) is 87.8 Å². The molecule has 1 heterocycles. The maximum Gasteiger partial charge on any atom is 0.263 e. The summed E-state index contributed by atoms with van der Waals surface area (Å²) in [6.45, 7) is 0. The molecule has 0 aliphatic carbocycles. The Morgan fingerprint density at radius 3 is 2.65 bits per heavy atom. The van der Waals surface area contributed by atoms with Crippen LogP contribution in [0.2, 0.25) is 0 Å². The van der Waals surface area contributed by atoms with Gasteiger partial charge in [-0.2, -0.15) is 10.4 Å². The molecule has 1 aromatic heterocycles. The highest BCUT2D eigenvalue weighted by Gasteiger charge is 2.20. The molecule has 2 aromatic rings. The van der Waals surface area contributed by atoms with E-state index in [0.29, 0.717) is 12.1 Å². The zero-order chi connectivity index (χ0) is 14.9. The number of rotatable bonds is 3. The normalized spacial score (nSPS) is 11.1. The van der Waals surface area contributed by atoms with Crippen molar-refractivity contribution in [2.24, 2.45) is 7.05 Å². The van der Waals surface area contributed by atoms with Crippen molar-refractivity contribution in [3.8, 4) is 6.07 Å². The highest BCUT2D eigenvalue weighted by molar-refractivity contribution is 7.92. The van der Waals surface area contributed by atoms with Gasteiger partial charge in [-0.25, -0.2) is 17.2 Å². The van der Waals surface area contributed by atoms with Crippen LogP contribution in [0, 0.1) is 23.0 Å². The molecule has 0 aliphatic heterocycles. The van der Waals surface area contributed by atoms with Crippen molar-refractivity contribution in [2.75, 3.05) is 4.72 Å². The predicted molar refractivity (Wildman–Crippen MR) is 65.1 cm³/mol. The molecule has 0 fully saturated rings. The number of hydrogen-bond donors (Lipinski definition) is 1. The van der Waals surface area contributed by atoms with Crippen molar-refractivity contribution >= 4 is 15.8 Å². The van der Waals surface area contributed by atoms with E-state index in [1.807, 2.05) is 0 Å². The van der Waals surface area contributed by atoms with Crippen LogP contribution in [0.4, 0.5) is 14.6 Å². The van der Waals surface area contributed by atoms with Crippen LogP contribution in [-0.4, -0.2) is 18.2 Å². The first kappa shape index (κ1) is 14.0. The summed E-state index contributed by atoms with van der Waals surface area (Å²) in [4.78, 5) is -0.467. The lowest BCUT2D eigenvalue weighted by atomic mass is 10.3. The van der Waals surface area contributed by atoms with Crippen molar-refractivity contribution in [1.29, 1.82) is 5.26 Å². The van der Waals surface area contributed by atoms with Crippen LogP contribution in [0.1, 0.15) is 5.56 Å². The van der Waals surface area contributed by atoms with Gasteiger partial charge >= 0.3 is 0 Å². The number of halogens is 2. The fourth-order valence-corrected chi connectivity index (χ4v) is 2.50. The minimum Gasteiger partial charge on any atom is -0.272 e. The largest absolute Gasteiger partial charge is 0.272 e. The van der Waals surface area contributed by atoms with Gasteiger partial charge in [-0.3, -0.25) is 9.40 Å². The summed E-state index contributed by atoms with van der Waals surface area (Å²) >= 11 is 0. The van der Waals surface area contributed by atoms with E-state index in [4.69, 9.17) is 5.26 Å². The van der Waals surface area contributed by atoms with Crippen LogP contribution in [0.5, 0.6) is 0 Å². The Labute approximate surface area is 113 Å². The highest BCUT2D eigenvalue weighted by atomic mass is 32.2. The Balaban J connectivity index is 2.41. The number of sulfonamides is 1. The number of nitrogens with one attached hydrogen (secondary N) is 1. The van der Waals surface area contributed by atoms with E-state index in [0.717, 1.165) is 6.07 Å². The number of aryl methyl sites for hydroxylation is 1. The van der Waals surface area contributed by atoms with Crippen molar-refractivity contribution in [1.82, 2.24) is 9.78 Å². The van der Waals surface area contributed by atoms with E-state index in [1.165, 1.54) is 17.9 Å². The standard InChI is InChI=1S/C11H8F2N4O2S/c1-17-6-7(5-14)11(15-17)16-20(18,19)8-2-3-9(12)10(13)4-8/h2-4,6H,1H3,(H,15,16). The van der Waals surface area contributed by atoms with E-state index in [1.54, 1.807) is 6.07 Å². The van der Waals surface area contributed by atoms with Crippen LogP contribution < -0.4 is 4.72 Å². The monoisotopic (exact) mass is 298 g/mol. The van der Waals surface area contributed by atoms with Gasteiger partial charge in [-0.05, 0) is 18.2 Å². The summed E-state index contributed by atoms with van der Waals surface area (Å²) in [7, 11) is -2.65. The summed E-state index contributed by atoms with van der Waals surface area (Å²) in [6, 6.07) is 3.93. The van der Waals surface area contributed by atoms with Gasteiger partial charge in [0.15, 0.2) is 17.5 Å². The molecule has 1 aromatic carbocycles. The first-order chi connectivity index (χ1) is 9.33. The Morgan fingerprint density at radius 2 is 2.05 bits per heavy atom. The summed E-state index contributed by atoms with van der Waals surface area (Å²) in [5.41, 5.74) is 0.0126. The molecule has 9 heteroatoms. The van der Waals surface area contributed by atoms with E-state index >= 15 is 0 Å². The Morgan fingerprint density at radius 1 is 1.35 bits per heavy atom. The number of nitriles is 1. The first-order valence-corrected chi connectivity index (χ1v) is 6.73. The summed E-state index contributed by atoms with van der Waals surface area (Å²) in [6.07, 6.45) is 1.32. The molecule has 2 rings (SSSR count). The molecule has 0 saturated heterocycles. The van der Waals surface area contributed by atoms with Gasteiger partial charge in [0, 0.05) is 13.2 Å². The Bertz CT molecular complexity index is 808. The first-order valence-electron chi connectivity index (χ1n) is 5.25. The number of benzene rings is 1. The average molecular weight is 298 g/mol. The SMILES string of the molecule is Cn1cc(C#N)c(NS(=O)(=O)c2ccc(F)c(F)c2)n1. The van der Waals surface area contributed by atoms with Crippen LogP contribution in [0.25, 0.3) is 0 Å². The third-order valence-corrected chi connectivity index (χ3v) is 3.72. The van der Waals surface area contributed by atoms with Crippen LogP contribution in [0.3, 0.4) is 0 Å². The van der Waals surface area contributed by atoms with Crippen LogP contribution in [0.15, 0.2) is 29.3 Å². The second-order valence-electron chi connectivity index (χ2n) is 3.86. The number of aromatic nitrogens is 2. The maximum absolute atomic E-state index is 13.1. The van der Waals surface area contributed by atoms with Crippen molar-refractivity contribution in [2.45, 2.75) is 4.90 Å².